The molecule has 4 heteroatoms. The summed E-state index contributed by atoms with van der Waals surface area (Å²) in [5, 5.41) is 5.87. The number of hydrogen-bond donors (Lipinski definition) is 1. The molecule has 6 aromatic rings. The lowest BCUT2D eigenvalue weighted by atomic mass is 9.82. The van der Waals surface area contributed by atoms with Crippen molar-refractivity contribution in [2.24, 2.45) is 4.99 Å². The average Bonchev–Trinajstić information content (AvgIpc) is 3.52. The fourth-order valence-corrected chi connectivity index (χ4v) is 7.36. The fraction of sp³-hybridized carbons (Fsp3) is 0.167. The van der Waals surface area contributed by atoms with Crippen molar-refractivity contribution in [2.45, 2.75) is 32.2 Å². The van der Waals surface area contributed by atoms with Crippen LogP contribution in [0.25, 0.3) is 38.6 Å². The van der Waals surface area contributed by atoms with Crippen LogP contribution in [-0.2, 0) is 5.41 Å². The first-order valence-electron chi connectivity index (χ1n) is 16.0. The molecule has 0 spiro atoms. The Kier molecular flexibility index (Phi) is 7.37. The normalized spacial score (nSPS) is 14.4. The van der Waals surface area contributed by atoms with E-state index in [2.05, 4.69) is 156 Å². The molecular weight excluding hydrogens is 560 g/mol. The molecule has 1 aromatic heterocycles. The van der Waals surface area contributed by atoms with Crippen molar-refractivity contribution in [3.05, 3.63) is 145 Å². The summed E-state index contributed by atoms with van der Waals surface area (Å²) in [6, 6.07) is 39.9. The first kappa shape index (κ1) is 29.4. The third kappa shape index (κ3) is 4.56. The van der Waals surface area contributed by atoms with Crippen LogP contribution >= 0.6 is 0 Å². The molecule has 0 saturated carbocycles. The number of benzene rings is 5. The zero-order chi connectivity index (χ0) is 32.0. The second kappa shape index (κ2) is 11.5. The Morgan fingerprint density at radius 2 is 1.54 bits per heavy atom. The van der Waals surface area contributed by atoms with Crippen LogP contribution in [0.2, 0.25) is 0 Å². The topological polar surface area (TPSA) is 32.6 Å². The smallest absolute Gasteiger partial charge is 0.0652 e. The van der Waals surface area contributed by atoms with Crippen molar-refractivity contribution in [3.8, 4) is 11.1 Å². The largest absolute Gasteiger partial charge is 0.386 e. The monoisotopic (exact) mass is 600 g/mol. The van der Waals surface area contributed by atoms with Crippen LogP contribution in [-0.4, -0.2) is 24.9 Å². The molecule has 7 rings (SSSR count). The van der Waals surface area contributed by atoms with E-state index in [9.17, 15) is 0 Å². The number of nitrogens with zero attached hydrogens (tertiary/aromatic N) is 3. The summed E-state index contributed by atoms with van der Waals surface area (Å²) in [4.78, 5) is 6.68. The van der Waals surface area contributed by atoms with E-state index in [-0.39, 0.29) is 11.5 Å². The van der Waals surface area contributed by atoms with Crippen molar-refractivity contribution in [1.82, 2.24) is 4.57 Å². The number of aliphatic imine (C=N–C) groups is 1. The number of para-hydroxylation sites is 3. The lowest BCUT2D eigenvalue weighted by molar-refractivity contribution is 0.661. The van der Waals surface area contributed by atoms with E-state index in [0.29, 0.717) is 0 Å². The Bertz CT molecular complexity index is 2160. The molecule has 0 bridgehead atoms. The zero-order valence-corrected chi connectivity index (χ0v) is 27.3. The van der Waals surface area contributed by atoms with Crippen LogP contribution in [0.15, 0.2) is 133 Å². The number of allylic oxidation sites excluding steroid dienone is 3. The number of aromatic nitrogens is 1. The second-order valence-electron chi connectivity index (χ2n) is 12.5. The maximum Gasteiger partial charge on any atom is 0.0652 e. The Morgan fingerprint density at radius 1 is 0.826 bits per heavy atom. The van der Waals surface area contributed by atoms with E-state index < -0.39 is 0 Å². The van der Waals surface area contributed by atoms with Crippen LogP contribution in [0.4, 0.5) is 17.1 Å². The Hall–Kier alpha value is -5.35. The van der Waals surface area contributed by atoms with Crippen molar-refractivity contribution in [2.75, 3.05) is 24.3 Å². The molecule has 1 heterocycles. The summed E-state index contributed by atoms with van der Waals surface area (Å²) in [6.45, 7) is 11.2. The Labute approximate surface area is 272 Å². The molecule has 0 radical (unpaired) electrons. The van der Waals surface area contributed by atoms with Gasteiger partial charge in [-0.15, -0.1) is 0 Å². The summed E-state index contributed by atoms with van der Waals surface area (Å²) < 4.78 is 2.35. The van der Waals surface area contributed by atoms with E-state index in [1.165, 1.54) is 44.1 Å². The van der Waals surface area contributed by atoms with Gasteiger partial charge in [0.15, 0.2) is 0 Å². The van der Waals surface area contributed by atoms with Crippen LogP contribution in [0.1, 0.15) is 43.5 Å². The zero-order valence-electron chi connectivity index (χ0n) is 27.3. The summed E-state index contributed by atoms with van der Waals surface area (Å²) in [7, 11) is 3.79. The van der Waals surface area contributed by atoms with Gasteiger partial charge in [0.05, 0.1) is 28.5 Å². The van der Waals surface area contributed by atoms with Crippen molar-refractivity contribution in [3.63, 3.8) is 0 Å². The minimum atomic E-state index is -0.0963. The van der Waals surface area contributed by atoms with Gasteiger partial charge in [-0.25, -0.2) is 0 Å². The van der Waals surface area contributed by atoms with Gasteiger partial charge in [-0.2, -0.15) is 0 Å². The molecule has 4 nitrogen and oxygen atoms in total. The Morgan fingerprint density at radius 3 is 2.30 bits per heavy atom. The molecule has 46 heavy (non-hydrogen) atoms. The average molecular weight is 601 g/mol. The van der Waals surface area contributed by atoms with Gasteiger partial charge in [0.25, 0.3) is 0 Å². The van der Waals surface area contributed by atoms with E-state index in [1.807, 2.05) is 25.4 Å². The molecule has 228 valence electrons. The third-order valence-electron chi connectivity index (χ3n) is 9.69. The van der Waals surface area contributed by atoms with Crippen LogP contribution in [0, 0.1) is 0 Å². The third-order valence-corrected chi connectivity index (χ3v) is 9.69. The van der Waals surface area contributed by atoms with Crippen molar-refractivity contribution >= 4 is 50.8 Å². The van der Waals surface area contributed by atoms with E-state index in [1.54, 1.807) is 7.05 Å². The fourth-order valence-electron chi connectivity index (χ4n) is 7.36. The lowest BCUT2D eigenvalue weighted by Gasteiger charge is -2.33. The maximum absolute atomic E-state index is 4.26. The minimum Gasteiger partial charge on any atom is -0.386 e. The predicted octanol–water partition coefficient (Wildman–Crippen LogP) is 10.8. The lowest BCUT2D eigenvalue weighted by Crippen LogP contribution is -2.22. The highest BCUT2D eigenvalue weighted by Gasteiger charge is 2.36. The molecular formula is C42H40N4. The summed E-state index contributed by atoms with van der Waals surface area (Å²) >= 11 is 0. The second-order valence-corrected chi connectivity index (χ2v) is 12.5. The van der Waals surface area contributed by atoms with Gasteiger partial charge in [0.1, 0.15) is 0 Å². The number of hydrogen-bond acceptors (Lipinski definition) is 3. The highest BCUT2D eigenvalue weighted by molar-refractivity contribution is 6.13. The molecule has 0 amide bonds. The molecule has 1 N–H and O–H groups in total. The van der Waals surface area contributed by atoms with Gasteiger partial charge in [0, 0.05) is 47.9 Å². The highest BCUT2D eigenvalue weighted by atomic mass is 15.2. The van der Waals surface area contributed by atoms with Gasteiger partial charge < -0.3 is 14.8 Å². The van der Waals surface area contributed by atoms with E-state index >= 15 is 0 Å². The molecule has 5 aromatic carbocycles. The molecule has 0 saturated heterocycles. The number of rotatable bonds is 8. The number of fused-ring (bicyclic) bond motifs is 6. The maximum atomic E-state index is 4.26. The van der Waals surface area contributed by atoms with E-state index in [0.717, 1.165) is 28.3 Å². The minimum absolute atomic E-state index is 0.0513. The molecule has 1 atom stereocenters. The van der Waals surface area contributed by atoms with Crippen molar-refractivity contribution in [1.29, 1.82) is 0 Å². The predicted molar refractivity (Wildman–Crippen MR) is 199 cm³/mol. The highest BCUT2D eigenvalue weighted by Crippen LogP contribution is 2.51. The standard InChI is InChI=1S/C42H40N4/c1-7-30(23-24-43-5)46-39-22-21-29(28(2)45(31-15-9-8-10-16-31)40-20-14-13-19-38(40)44-6)25-34(39)35-26-33-32-17-11-12-18-36(32)42(3,4)37(33)27-41(35)46/h7-28,44H,1H2,2-6H3/b30-23+,43-24+. The van der Waals surface area contributed by atoms with Crippen LogP contribution in [0.3, 0.4) is 0 Å². The first-order valence-corrected chi connectivity index (χ1v) is 16.0. The van der Waals surface area contributed by atoms with Crippen molar-refractivity contribution < 1.29 is 0 Å². The quantitative estimate of drug-likeness (QED) is 0.139. The van der Waals surface area contributed by atoms with Gasteiger partial charge in [0.2, 0.25) is 0 Å². The van der Waals surface area contributed by atoms with Gasteiger partial charge in [-0.1, -0.05) is 81.1 Å². The number of anilines is 3. The van der Waals surface area contributed by atoms with Crippen LogP contribution in [0.5, 0.6) is 0 Å². The summed E-state index contributed by atoms with van der Waals surface area (Å²) in [5.41, 5.74) is 13.2. The first-order chi connectivity index (χ1) is 22.4. The van der Waals surface area contributed by atoms with Crippen LogP contribution < -0.4 is 10.2 Å². The SMILES string of the molecule is C=C/C(=C\C=N\C)n1c2ccc(C(C)N(c3ccccc3)c3ccccc3NC)cc2c2cc3c(cc21)C(C)(C)c1ccccc1-3. The molecule has 0 aliphatic heterocycles. The van der Waals surface area contributed by atoms with Gasteiger partial charge >= 0.3 is 0 Å². The van der Waals surface area contributed by atoms with Gasteiger partial charge in [-0.3, -0.25) is 4.99 Å². The van der Waals surface area contributed by atoms with E-state index in [4.69, 9.17) is 0 Å². The molecule has 1 aliphatic rings. The molecule has 1 aliphatic carbocycles. The Balaban J connectivity index is 1.49. The molecule has 1 unspecified atom stereocenters. The summed E-state index contributed by atoms with van der Waals surface area (Å²) in [5.74, 6) is 0. The summed E-state index contributed by atoms with van der Waals surface area (Å²) in [6.07, 6.45) is 5.81. The number of nitrogens with one attached hydrogen (secondary N) is 1. The molecule has 0 fully saturated rings. The van der Waals surface area contributed by atoms with Gasteiger partial charge in [-0.05, 0) is 95.4 Å².